The third-order valence-electron chi connectivity index (χ3n) is 5.05. The topological polar surface area (TPSA) is 97.2 Å². The predicted octanol–water partition coefficient (Wildman–Crippen LogP) is 5.48. The zero-order valence-electron chi connectivity index (χ0n) is 19.4. The molecule has 0 fully saturated rings. The fraction of sp³-hybridized carbons (Fsp3) is 0.192. The molecule has 2 N–H and O–H groups in total. The quantitative estimate of drug-likeness (QED) is 0.309. The summed E-state index contributed by atoms with van der Waals surface area (Å²) >= 11 is 0. The molecule has 3 heterocycles. The molecule has 0 aliphatic carbocycles. The summed E-state index contributed by atoms with van der Waals surface area (Å²) in [6.45, 7) is 13.2. The van der Waals surface area contributed by atoms with Gasteiger partial charge in [-0.05, 0) is 35.2 Å². The Labute approximate surface area is 197 Å². The number of anilines is 1. The number of H-pyrrole nitrogens is 1. The van der Waals surface area contributed by atoms with Gasteiger partial charge in [0, 0.05) is 46.9 Å². The molecule has 1 amide bonds. The zero-order valence-corrected chi connectivity index (χ0v) is 19.4. The lowest BCUT2D eigenvalue weighted by molar-refractivity contribution is -0.112. The first-order valence-corrected chi connectivity index (χ1v) is 10.6. The maximum Gasteiger partial charge on any atom is 0.254 e. The maximum atomic E-state index is 12.7. The Morgan fingerprint density at radius 2 is 2.00 bits per heavy atom. The van der Waals surface area contributed by atoms with Crippen molar-refractivity contribution in [2.75, 3.05) is 12.4 Å². The molecule has 0 spiro atoms. The van der Waals surface area contributed by atoms with E-state index in [-0.39, 0.29) is 11.1 Å². The van der Waals surface area contributed by atoms with Gasteiger partial charge in [0.2, 0.25) is 5.70 Å². The molecule has 0 aliphatic heterocycles. The molecule has 170 valence electrons. The lowest BCUT2D eigenvalue weighted by Crippen LogP contribution is -2.15. The Morgan fingerprint density at radius 1 is 1.18 bits per heavy atom. The number of benzene rings is 1. The number of carbonyl (C=O) groups is 1. The van der Waals surface area contributed by atoms with E-state index in [1.54, 1.807) is 31.6 Å². The van der Waals surface area contributed by atoms with Gasteiger partial charge in [-0.3, -0.25) is 4.79 Å². The first-order chi connectivity index (χ1) is 16.3. The van der Waals surface area contributed by atoms with Crippen molar-refractivity contribution < 1.29 is 9.53 Å². The molecule has 0 saturated carbocycles. The van der Waals surface area contributed by atoms with E-state index in [1.807, 2.05) is 51.2 Å². The highest BCUT2D eigenvalue weighted by Crippen LogP contribution is 2.33. The number of aromatic nitrogens is 4. The summed E-state index contributed by atoms with van der Waals surface area (Å²) in [5.41, 5.74) is 4.36. The second kappa shape index (κ2) is 9.16. The van der Waals surface area contributed by atoms with Gasteiger partial charge in [-0.2, -0.15) is 0 Å². The highest BCUT2D eigenvalue weighted by atomic mass is 16.5. The molecular weight excluding hydrogens is 428 g/mol. The third kappa shape index (κ3) is 4.94. The third-order valence-corrected chi connectivity index (χ3v) is 5.05. The largest absolute Gasteiger partial charge is 0.497 e. The van der Waals surface area contributed by atoms with E-state index in [9.17, 15) is 4.79 Å². The Kier molecular flexibility index (Phi) is 6.11. The van der Waals surface area contributed by atoms with E-state index < -0.39 is 5.91 Å². The molecule has 34 heavy (non-hydrogen) atoms. The molecule has 4 aromatic rings. The van der Waals surface area contributed by atoms with Crippen LogP contribution in [0.15, 0.2) is 67.0 Å². The van der Waals surface area contributed by atoms with Crippen LogP contribution in [0.3, 0.4) is 0 Å². The van der Waals surface area contributed by atoms with Gasteiger partial charge in [0.1, 0.15) is 17.7 Å². The predicted molar refractivity (Wildman–Crippen MR) is 132 cm³/mol. The maximum absolute atomic E-state index is 12.7. The number of nitrogens with zero attached hydrogens (tertiary/aromatic N) is 4. The van der Waals surface area contributed by atoms with Gasteiger partial charge in [-0.1, -0.05) is 26.8 Å². The minimum Gasteiger partial charge on any atom is -0.497 e. The summed E-state index contributed by atoms with van der Waals surface area (Å²) in [7, 11) is 1.57. The van der Waals surface area contributed by atoms with Gasteiger partial charge in [0.05, 0.1) is 19.4 Å². The Bertz CT molecular complexity index is 1430. The molecule has 8 nitrogen and oxygen atoms in total. The number of ether oxygens (including phenoxy) is 1. The van der Waals surface area contributed by atoms with Crippen LogP contribution in [0.1, 0.15) is 20.8 Å². The van der Waals surface area contributed by atoms with Gasteiger partial charge < -0.3 is 15.0 Å². The van der Waals surface area contributed by atoms with Crippen LogP contribution >= 0.6 is 0 Å². The van der Waals surface area contributed by atoms with Crippen molar-refractivity contribution in [3.05, 3.63) is 78.4 Å². The van der Waals surface area contributed by atoms with Gasteiger partial charge in [-0.25, -0.2) is 19.8 Å². The number of hydrogen-bond donors (Lipinski definition) is 2. The van der Waals surface area contributed by atoms with Crippen LogP contribution in [0.25, 0.3) is 38.3 Å². The second-order valence-electron chi connectivity index (χ2n) is 8.83. The average Bonchev–Trinajstić information content (AvgIpc) is 3.25. The number of methoxy groups -OCH3 is 1. The van der Waals surface area contributed by atoms with Crippen LogP contribution in [-0.2, 0) is 4.79 Å². The number of amides is 1. The van der Waals surface area contributed by atoms with Crippen molar-refractivity contribution in [3.8, 4) is 28.1 Å². The smallest absolute Gasteiger partial charge is 0.254 e. The summed E-state index contributed by atoms with van der Waals surface area (Å²) in [5.74, 6) is 0.108. The van der Waals surface area contributed by atoms with Crippen molar-refractivity contribution in [1.82, 2.24) is 19.9 Å². The number of pyridine rings is 1. The molecule has 0 bridgehead atoms. The fourth-order valence-electron chi connectivity index (χ4n) is 3.53. The minimum atomic E-state index is -0.464. The molecule has 0 unspecified atom stereocenters. The number of nitrogens with one attached hydrogen (secondary N) is 2. The van der Waals surface area contributed by atoms with Crippen LogP contribution in [-0.4, -0.2) is 33.0 Å². The number of aromatic amines is 1. The molecule has 1 aromatic carbocycles. The summed E-state index contributed by atoms with van der Waals surface area (Å²) in [5, 5.41) is 3.74. The van der Waals surface area contributed by atoms with E-state index in [0.717, 1.165) is 33.4 Å². The Morgan fingerprint density at radius 3 is 2.68 bits per heavy atom. The number of rotatable bonds is 5. The number of carbonyl (C=O) groups excluding carboxylic acids is 1. The van der Waals surface area contributed by atoms with E-state index >= 15 is 0 Å². The molecular formula is C26H24N6O2. The van der Waals surface area contributed by atoms with Crippen LogP contribution in [0.5, 0.6) is 5.75 Å². The summed E-state index contributed by atoms with van der Waals surface area (Å²) in [6.07, 6.45) is 8.49. The van der Waals surface area contributed by atoms with Crippen LogP contribution in [0.2, 0.25) is 0 Å². The highest BCUT2D eigenvalue weighted by Gasteiger charge is 2.17. The molecule has 3 aromatic heterocycles. The van der Waals surface area contributed by atoms with Crippen molar-refractivity contribution in [3.63, 3.8) is 0 Å². The Balaban J connectivity index is 1.73. The Hall–Kier alpha value is -4.51. The van der Waals surface area contributed by atoms with Gasteiger partial charge >= 0.3 is 0 Å². The monoisotopic (exact) mass is 452 g/mol. The molecule has 0 radical (unpaired) electrons. The van der Waals surface area contributed by atoms with E-state index in [2.05, 4.69) is 30.1 Å². The first kappa shape index (κ1) is 22.7. The van der Waals surface area contributed by atoms with E-state index in [0.29, 0.717) is 11.4 Å². The van der Waals surface area contributed by atoms with Crippen molar-refractivity contribution in [1.29, 1.82) is 0 Å². The number of fused-ring (bicyclic) bond motifs is 1. The summed E-state index contributed by atoms with van der Waals surface area (Å²) in [6, 6.07) is 9.28. The van der Waals surface area contributed by atoms with Crippen LogP contribution in [0, 0.1) is 12.0 Å². The van der Waals surface area contributed by atoms with Gasteiger partial charge in [-0.15, -0.1) is 0 Å². The second-order valence-corrected chi connectivity index (χ2v) is 8.83. The van der Waals surface area contributed by atoms with Crippen molar-refractivity contribution in [2.24, 2.45) is 5.41 Å². The molecule has 0 saturated heterocycles. The number of allylic oxidation sites excluding steroid dienone is 1. The molecule has 0 aliphatic rings. The van der Waals surface area contributed by atoms with E-state index in [1.165, 1.54) is 6.33 Å². The number of hydrogen-bond acceptors (Lipinski definition) is 5. The SMILES string of the molecule is [C-]#[N+]C(=CC(C)(C)C)C(=O)Nc1cc(OC)cc(-c2cnc3[nH]cc(-c4ccncn4)c3c2)c1. The molecule has 8 heteroatoms. The normalized spacial score (nSPS) is 11.8. The van der Waals surface area contributed by atoms with Crippen molar-refractivity contribution in [2.45, 2.75) is 20.8 Å². The van der Waals surface area contributed by atoms with Crippen molar-refractivity contribution >= 4 is 22.6 Å². The van der Waals surface area contributed by atoms with Gasteiger partial charge in [0.25, 0.3) is 5.91 Å². The fourth-order valence-corrected chi connectivity index (χ4v) is 3.53. The van der Waals surface area contributed by atoms with Gasteiger partial charge in [0.15, 0.2) is 0 Å². The lowest BCUT2D eigenvalue weighted by atomic mass is 9.95. The molecule has 0 atom stereocenters. The summed E-state index contributed by atoms with van der Waals surface area (Å²) < 4.78 is 5.46. The lowest BCUT2D eigenvalue weighted by Gasteiger charge is -2.14. The van der Waals surface area contributed by atoms with Crippen LogP contribution < -0.4 is 10.1 Å². The average molecular weight is 453 g/mol. The van der Waals surface area contributed by atoms with Crippen LogP contribution in [0.4, 0.5) is 5.69 Å². The first-order valence-electron chi connectivity index (χ1n) is 10.6. The zero-order chi connectivity index (χ0) is 24.3. The van der Waals surface area contributed by atoms with E-state index in [4.69, 9.17) is 11.3 Å². The minimum absolute atomic E-state index is 0.0433. The highest BCUT2D eigenvalue weighted by molar-refractivity contribution is 6.05. The summed E-state index contributed by atoms with van der Waals surface area (Å²) in [4.78, 5) is 32.2. The molecule has 4 rings (SSSR count). The standard InChI is InChI=1S/C26H24N6O2/c1-26(2,3)12-23(27-4)25(33)32-18-8-16(9-19(11-18)34-5)17-10-20-21(14-30-24(20)29-13-17)22-6-7-28-15-31-22/h6-15H,1-3,5H3,(H,29,30)(H,32,33).